The highest BCUT2D eigenvalue weighted by atomic mass is 35.5. The van der Waals surface area contributed by atoms with E-state index in [2.05, 4.69) is 26.2 Å². The summed E-state index contributed by atoms with van der Waals surface area (Å²) >= 11 is 7.73. The fourth-order valence-corrected chi connectivity index (χ4v) is 3.55. The molecule has 0 bridgehead atoms. The summed E-state index contributed by atoms with van der Waals surface area (Å²) in [6.07, 6.45) is 5.40. The van der Waals surface area contributed by atoms with Crippen molar-refractivity contribution < 1.29 is 0 Å². The summed E-state index contributed by atoms with van der Waals surface area (Å²) in [5.41, 5.74) is 1.43. The average molecular weight is 254 g/mol. The number of hydrogen-bond acceptors (Lipinski definition) is 3. The normalized spacial score (nSPS) is 19.7. The predicted molar refractivity (Wildman–Crippen MR) is 65.0 cm³/mol. The number of aryl methyl sites for hydroxylation is 1. The third-order valence-corrected chi connectivity index (χ3v) is 4.36. The molecule has 1 aliphatic carbocycles. The molecule has 2 heterocycles. The molecule has 16 heavy (non-hydrogen) atoms. The molecular weight excluding hydrogens is 242 g/mol. The first-order valence-corrected chi connectivity index (χ1v) is 6.82. The summed E-state index contributed by atoms with van der Waals surface area (Å²) in [6.45, 7) is 0. The zero-order valence-corrected chi connectivity index (χ0v) is 10.3. The fourth-order valence-electron chi connectivity index (χ4n) is 2.37. The molecule has 0 saturated carbocycles. The number of thiophene rings is 1. The summed E-state index contributed by atoms with van der Waals surface area (Å²) in [4.78, 5) is 1.51. The lowest BCUT2D eigenvalue weighted by Crippen LogP contribution is -2.16. The van der Waals surface area contributed by atoms with Gasteiger partial charge in [0.15, 0.2) is 0 Å². The van der Waals surface area contributed by atoms with Gasteiger partial charge in [-0.1, -0.05) is 0 Å². The monoisotopic (exact) mass is 253 g/mol. The minimum absolute atomic E-state index is 0.388. The standard InChI is InChI=1S/C11H12ClN3S/c12-6-11-14-13-7-15(11)9-2-1-3-10-8(9)4-5-16-10/h4-5,7,9H,1-3,6H2. The molecule has 84 valence electrons. The van der Waals surface area contributed by atoms with Crippen molar-refractivity contribution in [3.8, 4) is 0 Å². The largest absolute Gasteiger partial charge is 0.309 e. The molecule has 5 heteroatoms. The van der Waals surface area contributed by atoms with E-state index in [1.165, 1.54) is 23.3 Å². The fraction of sp³-hybridized carbons (Fsp3) is 0.455. The van der Waals surface area contributed by atoms with Crippen LogP contribution in [0.25, 0.3) is 0 Å². The quantitative estimate of drug-likeness (QED) is 0.771. The van der Waals surface area contributed by atoms with Gasteiger partial charge in [-0.2, -0.15) is 0 Å². The van der Waals surface area contributed by atoms with Crippen LogP contribution in [0.5, 0.6) is 0 Å². The van der Waals surface area contributed by atoms with Crippen LogP contribution in [0.4, 0.5) is 0 Å². The number of rotatable bonds is 2. The third kappa shape index (κ3) is 1.57. The minimum atomic E-state index is 0.388. The van der Waals surface area contributed by atoms with Crippen molar-refractivity contribution in [2.24, 2.45) is 0 Å². The summed E-state index contributed by atoms with van der Waals surface area (Å²) in [5.74, 6) is 1.29. The Labute approximate surface area is 103 Å². The molecule has 0 amide bonds. The van der Waals surface area contributed by atoms with Crippen LogP contribution in [0, 0.1) is 0 Å². The van der Waals surface area contributed by atoms with Crippen LogP contribution in [0.2, 0.25) is 0 Å². The van der Waals surface area contributed by atoms with Gasteiger partial charge in [0.1, 0.15) is 12.2 Å². The first-order chi connectivity index (χ1) is 7.90. The van der Waals surface area contributed by atoms with Gasteiger partial charge in [-0.15, -0.1) is 33.1 Å². The summed E-state index contributed by atoms with van der Waals surface area (Å²) in [7, 11) is 0. The first-order valence-electron chi connectivity index (χ1n) is 5.40. The average Bonchev–Trinajstić information content (AvgIpc) is 2.96. The molecule has 3 nitrogen and oxygen atoms in total. The lowest BCUT2D eigenvalue weighted by Gasteiger charge is -2.24. The van der Waals surface area contributed by atoms with Gasteiger partial charge in [0.25, 0.3) is 0 Å². The van der Waals surface area contributed by atoms with E-state index in [9.17, 15) is 0 Å². The van der Waals surface area contributed by atoms with Crippen molar-refractivity contribution in [1.29, 1.82) is 0 Å². The maximum absolute atomic E-state index is 5.87. The van der Waals surface area contributed by atoms with Gasteiger partial charge in [-0.05, 0) is 36.3 Å². The Balaban J connectivity index is 2.04. The summed E-state index contributed by atoms with van der Waals surface area (Å²) in [6, 6.07) is 2.61. The molecule has 0 aromatic carbocycles. The molecule has 0 radical (unpaired) electrons. The van der Waals surface area contributed by atoms with E-state index in [0.717, 1.165) is 12.2 Å². The van der Waals surface area contributed by atoms with Gasteiger partial charge in [-0.25, -0.2) is 0 Å². The summed E-state index contributed by atoms with van der Waals surface area (Å²) < 4.78 is 2.12. The van der Waals surface area contributed by atoms with E-state index >= 15 is 0 Å². The van der Waals surface area contributed by atoms with E-state index < -0.39 is 0 Å². The number of hydrogen-bond donors (Lipinski definition) is 0. The van der Waals surface area contributed by atoms with Crippen molar-refractivity contribution in [3.63, 3.8) is 0 Å². The molecule has 1 unspecified atom stereocenters. The van der Waals surface area contributed by atoms with Crippen molar-refractivity contribution >= 4 is 22.9 Å². The molecule has 0 spiro atoms. The zero-order valence-electron chi connectivity index (χ0n) is 8.77. The second-order valence-corrected chi connectivity index (χ2v) is 5.26. The Morgan fingerprint density at radius 2 is 2.50 bits per heavy atom. The van der Waals surface area contributed by atoms with Crippen LogP contribution in [0.1, 0.15) is 35.1 Å². The van der Waals surface area contributed by atoms with E-state index in [-0.39, 0.29) is 0 Å². The lowest BCUT2D eigenvalue weighted by atomic mass is 9.94. The maximum atomic E-state index is 5.87. The molecule has 1 aliphatic rings. The zero-order chi connectivity index (χ0) is 11.0. The van der Waals surface area contributed by atoms with Crippen LogP contribution in [0.15, 0.2) is 17.8 Å². The number of aromatic nitrogens is 3. The van der Waals surface area contributed by atoms with Crippen LogP contribution < -0.4 is 0 Å². The van der Waals surface area contributed by atoms with Crippen molar-refractivity contribution in [1.82, 2.24) is 14.8 Å². The van der Waals surface area contributed by atoms with Gasteiger partial charge in [-0.3, -0.25) is 0 Å². The maximum Gasteiger partial charge on any atom is 0.148 e. The minimum Gasteiger partial charge on any atom is -0.309 e. The first kappa shape index (κ1) is 10.3. The molecule has 0 N–H and O–H groups in total. The Hall–Kier alpha value is -0.870. The topological polar surface area (TPSA) is 30.7 Å². The molecule has 2 aromatic rings. The highest BCUT2D eigenvalue weighted by Gasteiger charge is 2.24. The van der Waals surface area contributed by atoms with Crippen LogP contribution in [-0.4, -0.2) is 14.8 Å². The number of nitrogens with zero attached hydrogens (tertiary/aromatic N) is 3. The van der Waals surface area contributed by atoms with Crippen LogP contribution in [0.3, 0.4) is 0 Å². The Morgan fingerprint density at radius 1 is 1.56 bits per heavy atom. The Morgan fingerprint density at radius 3 is 3.38 bits per heavy atom. The number of halogens is 1. The molecule has 0 fully saturated rings. The molecule has 2 aromatic heterocycles. The van der Waals surface area contributed by atoms with Gasteiger partial charge in [0.05, 0.1) is 11.9 Å². The Bertz CT molecular complexity index is 491. The molecule has 1 atom stereocenters. The van der Waals surface area contributed by atoms with Crippen LogP contribution >= 0.6 is 22.9 Å². The van der Waals surface area contributed by atoms with E-state index in [1.54, 1.807) is 6.33 Å². The van der Waals surface area contributed by atoms with Gasteiger partial charge in [0.2, 0.25) is 0 Å². The Kier molecular flexibility index (Phi) is 2.69. The van der Waals surface area contributed by atoms with Gasteiger partial charge in [0, 0.05) is 4.88 Å². The SMILES string of the molecule is ClCc1nncn1C1CCCc2sccc21. The second-order valence-electron chi connectivity index (χ2n) is 4.00. The van der Waals surface area contributed by atoms with E-state index in [4.69, 9.17) is 11.6 Å². The van der Waals surface area contributed by atoms with E-state index in [1.807, 2.05) is 11.3 Å². The van der Waals surface area contributed by atoms with Crippen molar-refractivity contribution in [2.75, 3.05) is 0 Å². The number of alkyl halides is 1. The number of fused-ring (bicyclic) bond motifs is 1. The smallest absolute Gasteiger partial charge is 0.148 e. The third-order valence-electron chi connectivity index (χ3n) is 3.12. The van der Waals surface area contributed by atoms with Gasteiger partial charge < -0.3 is 4.57 Å². The van der Waals surface area contributed by atoms with Crippen LogP contribution in [-0.2, 0) is 12.3 Å². The molecule has 0 saturated heterocycles. The molecule has 3 rings (SSSR count). The van der Waals surface area contributed by atoms with Gasteiger partial charge >= 0.3 is 0 Å². The molecular formula is C11H12ClN3S. The predicted octanol–water partition coefficient (Wildman–Crippen LogP) is 3.00. The van der Waals surface area contributed by atoms with Crippen molar-refractivity contribution in [2.45, 2.75) is 31.2 Å². The highest BCUT2D eigenvalue weighted by molar-refractivity contribution is 7.10. The molecule has 0 aliphatic heterocycles. The summed E-state index contributed by atoms with van der Waals surface area (Å²) in [5, 5.41) is 10.2. The van der Waals surface area contributed by atoms with E-state index in [0.29, 0.717) is 11.9 Å². The lowest BCUT2D eigenvalue weighted by molar-refractivity contribution is 0.483. The van der Waals surface area contributed by atoms with Crippen molar-refractivity contribution in [3.05, 3.63) is 34.0 Å². The highest BCUT2D eigenvalue weighted by Crippen LogP contribution is 2.36. The second kappa shape index (κ2) is 4.18.